The molecule has 10 heteroatoms. The number of rotatable bonds is 7. The van der Waals surface area contributed by atoms with Crippen LogP contribution in [-0.4, -0.2) is 34.6 Å². The second-order valence-electron chi connectivity index (χ2n) is 5.39. The van der Waals surface area contributed by atoms with Crippen LogP contribution in [0, 0.1) is 0 Å². The lowest BCUT2D eigenvalue weighted by atomic mass is 10.3. The number of para-hydroxylation sites is 2. The van der Waals surface area contributed by atoms with Gasteiger partial charge in [-0.3, -0.25) is 14.4 Å². The van der Waals surface area contributed by atoms with Crippen LogP contribution in [0.2, 0.25) is 0 Å². The summed E-state index contributed by atoms with van der Waals surface area (Å²) in [6.45, 7) is 1.44. The molecule has 0 aliphatic carbocycles. The lowest BCUT2D eigenvalue weighted by Crippen LogP contribution is -2.31. The monoisotopic (exact) mass is 405 g/mol. The molecular weight excluding hydrogens is 390 g/mol. The molecule has 1 aromatic carbocycles. The maximum absolute atomic E-state index is 12.1. The zero-order valence-corrected chi connectivity index (χ0v) is 15.8. The van der Waals surface area contributed by atoms with E-state index < -0.39 is 23.9 Å². The summed E-state index contributed by atoms with van der Waals surface area (Å²) in [5, 5.41) is 4.82. The number of oxazole rings is 1. The van der Waals surface area contributed by atoms with E-state index in [-0.39, 0.29) is 11.3 Å². The first kappa shape index (κ1) is 18.9. The molecule has 0 unspecified atom stereocenters. The van der Waals surface area contributed by atoms with Crippen molar-refractivity contribution < 1.29 is 23.5 Å². The van der Waals surface area contributed by atoms with Gasteiger partial charge < -0.3 is 20.2 Å². The fraction of sp³-hybridized carbons (Fsp3) is 0.176. The molecule has 0 aliphatic heterocycles. The highest BCUT2D eigenvalue weighted by Gasteiger charge is 2.21. The molecule has 2 aromatic heterocycles. The van der Waals surface area contributed by atoms with Gasteiger partial charge in [-0.15, -0.1) is 11.3 Å². The van der Waals surface area contributed by atoms with Gasteiger partial charge in [0.05, 0.1) is 5.56 Å². The normalized spacial score (nSPS) is 11.9. The number of carbonyl (C=O) groups is 3. The Morgan fingerprint density at radius 1 is 1.33 bits per heavy atom. The molecule has 0 aliphatic rings. The third kappa shape index (κ3) is 4.66. The molecule has 3 rings (SSSR count). The van der Waals surface area contributed by atoms with Crippen LogP contribution in [0.25, 0.3) is 11.1 Å². The van der Waals surface area contributed by atoms with E-state index in [1.807, 2.05) is 12.1 Å². The third-order valence-corrected chi connectivity index (χ3v) is 5.06. The lowest BCUT2D eigenvalue weighted by molar-refractivity contribution is -0.150. The Morgan fingerprint density at radius 2 is 2.11 bits per heavy atom. The molecule has 1 atom stereocenters. The van der Waals surface area contributed by atoms with Crippen LogP contribution >= 0.6 is 23.1 Å². The predicted octanol–water partition coefficient (Wildman–Crippen LogP) is 2.65. The number of nitrogens with one attached hydrogen (secondary N) is 1. The number of primary amides is 1. The summed E-state index contributed by atoms with van der Waals surface area (Å²) in [5.41, 5.74) is 6.76. The summed E-state index contributed by atoms with van der Waals surface area (Å²) in [5.74, 6) is -1.85. The Kier molecular flexibility index (Phi) is 5.77. The fourth-order valence-corrected chi connectivity index (χ4v) is 3.55. The van der Waals surface area contributed by atoms with Gasteiger partial charge in [0, 0.05) is 0 Å². The maximum atomic E-state index is 12.1. The number of anilines is 1. The van der Waals surface area contributed by atoms with Crippen LogP contribution in [0.1, 0.15) is 17.3 Å². The topological polar surface area (TPSA) is 125 Å². The molecule has 0 saturated carbocycles. The van der Waals surface area contributed by atoms with Crippen LogP contribution in [0.4, 0.5) is 5.00 Å². The number of aromatic nitrogens is 1. The minimum Gasteiger partial charge on any atom is -0.452 e. The first-order valence-electron chi connectivity index (χ1n) is 7.80. The number of hydrogen-bond donors (Lipinski definition) is 2. The van der Waals surface area contributed by atoms with E-state index in [9.17, 15) is 14.4 Å². The first-order chi connectivity index (χ1) is 12.9. The van der Waals surface area contributed by atoms with Gasteiger partial charge in [-0.25, -0.2) is 4.98 Å². The van der Waals surface area contributed by atoms with Crippen LogP contribution in [-0.2, 0) is 14.3 Å². The minimum absolute atomic E-state index is 0.0595. The number of fused-ring (bicyclic) bond motifs is 1. The van der Waals surface area contributed by atoms with Gasteiger partial charge in [0.15, 0.2) is 11.7 Å². The van der Waals surface area contributed by atoms with Crippen molar-refractivity contribution >= 4 is 57.0 Å². The summed E-state index contributed by atoms with van der Waals surface area (Å²) in [4.78, 5) is 39.6. The maximum Gasteiger partial charge on any atom is 0.317 e. The number of ether oxygens (including phenoxy) is 1. The van der Waals surface area contributed by atoms with Gasteiger partial charge in [0.2, 0.25) is 0 Å². The van der Waals surface area contributed by atoms with E-state index in [4.69, 9.17) is 14.9 Å². The highest BCUT2D eigenvalue weighted by Crippen LogP contribution is 2.24. The SMILES string of the molecule is C[C@@H](OC(=O)CSc1nc2ccccc2o1)C(=O)Nc1sccc1C(N)=O. The summed E-state index contributed by atoms with van der Waals surface area (Å²) in [7, 11) is 0. The van der Waals surface area contributed by atoms with Gasteiger partial charge in [0.25, 0.3) is 17.0 Å². The van der Waals surface area contributed by atoms with Crippen LogP contribution in [0.15, 0.2) is 45.4 Å². The number of thioether (sulfide) groups is 1. The van der Waals surface area contributed by atoms with Crippen molar-refractivity contribution in [2.75, 3.05) is 11.1 Å². The van der Waals surface area contributed by atoms with Crippen molar-refractivity contribution in [2.45, 2.75) is 18.3 Å². The molecule has 8 nitrogen and oxygen atoms in total. The standard InChI is InChI=1S/C17H15N3O5S2/c1-9(15(23)20-16-10(14(18)22)6-7-26-16)24-13(21)8-27-17-19-11-4-2-3-5-12(11)25-17/h2-7,9H,8H2,1H3,(H2,18,22)(H,20,23)/t9-/m1/s1. The number of carbonyl (C=O) groups excluding carboxylic acids is 3. The van der Waals surface area contributed by atoms with Crippen molar-refractivity contribution in [1.82, 2.24) is 4.98 Å². The largest absolute Gasteiger partial charge is 0.452 e. The van der Waals surface area contributed by atoms with E-state index in [0.29, 0.717) is 21.3 Å². The van der Waals surface area contributed by atoms with Crippen molar-refractivity contribution in [1.29, 1.82) is 0 Å². The molecule has 0 bridgehead atoms. The smallest absolute Gasteiger partial charge is 0.317 e. The number of nitrogens with zero attached hydrogens (tertiary/aromatic N) is 1. The minimum atomic E-state index is -1.04. The first-order valence-corrected chi connectivity index (χ1v) is 9.66. The molecule has 3 aromatic rings. The summed E-state index contributed by atoms with van der Waals surface area (Å²) in [6, 6.07) is 8.76. The lowest BCUT2D eigenvalue weighted by Gasteiger charge is -2.12. The zero-order chi connectivity index (χ0) is 19.4. The van der Waals surface area contributed by atoms with Crippen LogP contribution < -0.4 is 11.1 Å². The van der Waals surface area contributed by atoms with Gasteiger partial charge >= 0.3 is 5.97 Å². The van der Waals surface area contributed by atoms with E-state index in [2.05, 4.69) is 10.3 Å². The van der Waals surface area contributed by atoms with Gasteiger partial charge in [-0.05, 0) is 30.5 Å². The van der Waals surface area contributed by atoms with E-state index in [1.165, 1.54) is 13.0 Å². The quantitative estimate of drug-likeness (QED) is 0.457. The summed E-state index contributed by atoms with van der Waals surface area (Å²) in [6.07, 6.45) is -1.04. The highest BCUT2D eigenvalue weighted by molar-refractivity contribution is 7.99. The van der Waals surface area contributed by atoms with E-state index in [1.54, 1.807) is 17.5 Å². The Bertz CT molecular complexity index is 964. The molecule has 0 saturated heterocycles. The highest BCUT2D eigenvalue weighted by atomic mass is 32.2. The molecule has 0 radical (unpaired) electrons. The molecular formula is C17H15N3O5S2. The Balaban J connectivity index is 1.51. The second kappa shape index (κ2) is 8.23. The average molecular weight is 405 g/mol. The van der Waals surface area contributed by atoms with Gasteiger partial charge in [-0.2, -0.15) is 0 Å². The van der Waals surface area contributed by atoms with Gasteiger partial charge in [0.1, 0.15) is 16.3 Å². The Hall–Kier alpha value is -2.85. The number of thiophene rings is 1. The van der Waals surface area contributed by atoms with Crippen LogP contribution in [0.5, 0.6) is 0 Å². The van der Waals surface area contributed by atoms with Crippen molar-refractivity contribution in [3.63, 3.8) is 0 Å². The zero-order valence-electron chi connectivity index (χ0n) is 14.1. The molecule has 2 heterocycles. The van der Waals surface area contributed by atoms with Crippen LogP contribution in [0.3, 0.4) is 0 Å². The van der Waals surface area contributed by atoms with Gasteiger partial charge in [-0.1, -0.05) is 23.9 Å². The molecule has 140 valence electrons. The molecule has 27 heavy (non-hydrogen) atoms. The van der Waals surface area contributed by atoms with Crippen molar-refractivity contribution in [3.05, 3.63) is 41.3 Å². The molecule has 0 fully saturated rings. The average Bonchev–Trinajstić information content (AvgIpc) is 3.26. The number of amides is 2. The summed E-state index contributed by atoms with van der Waals surface area (Å²) < 4.78 is 10.6. The van der Waals surface area contributed by atoms with E-state index >= 15 is 0 Å². The van der Waals surface area contributed by atoms with Crippen molar-refractivity contribution in [2.24, 2.45) is 5.73 Å². The number of nitrogens with two attached hydrogens (primary N) is 1. The van der Waals surface area contributed by atoms with Crippen molar-refractivity contribution in [3.8, 4) is 0 Å². The third-order valence-electron chi connectivity index (χ3n) is 3.43. The predicted molar refractivity (Wildman–Crippen MR) is 102 cm³/mol. The number of benzene rings is 1. The number of hydrogen-bond acceptors (Lipinski definition) is 8. The fourth-order valence-electron chi connectivity index (χ4n) is 2.13. The second-order valence-corrected chi connectivity index (χ2v) is 7.23. The number of esters is 1. The van der Waals surface area contributed by atoms with E-state index in [0.717, 1.165) is 23.1 Å². The Labute approximate surface area is 162 Å². The Morgan fingerprint density at radius 3 is 2.85 bits per heavy atom. The molecule has 0 spiro atoms. The summed E-state index contributed by atoms with van der Waals surface area (Å²) >= 11 is 2.23. The molecule has 3 N–H and O–H groups in total. The molecule has 2 amide bonds.